The summed E-state index contributed by atoms with van der Waals surface area (Å²) < 4.78 is 5.06. The van der Waals surface area contributed by atoms with Crippen molar-refractivity contribution in [1.82, 2.24) is 0 Å². The number of hydrogen-bond acceptors (Lipinski definition) is 4. The smallest absolute Gasteiger partial charge is 0.464 e. The number of fused-ring (bicyclic) bond motifs is 1. The van der Waals surface area contributed by atoms with E-state index in [1.54, 1.807) is 0 Å². The second-order valence-corrected chi connectivity index (χ2v) is 2.91. The van der Waals surface area contributed by atoms with Crippen LogP contribution in [0.4, 0.5) is 0 Å². The van der Waals surface area contributed by atoms with E-state index in [1.807, 2.05) is 0 Å². The Kier molecular flexibility index (Phi) is 2.11. The molecule has 5 heteroatoms. The van der Waals surface area contributed by atoms with E-state index in [0.29, 0.717) is 16.4 Å². The molecule has 2 aromatic rings. The summed E-state index contributed by atoms with van der Waals surface area (Å²) in [5.41, 5.74) is 0.500. The first-order valence-electron chi connectivity index (χ1n) is 4.06. The second-order valence-electron chi connectivity index (χ2n) is 2.91. The standard InChI is InChI=1S/C9H7BO4/c11-8-3-4-14-9-5-6(10(12)13)1-2-7(8)9/h1-5,12-13H. The van der Waals surface area contributed by atoms with Gasteiger partial charge in [0.2, 0.25) is 0 Å². The Hall–Kier alpha value is -1.59. The summed E-state index contributed by atoms with van der Waals surface area (Å²) in [7, 11) is -1.55. The zero-order valence-electron chi connectivity index (χ0n) is 7.18. The molecule has 2 N–H and O–H groups in total. The van der Waals surface area contributed by atoms with Gasteiger partial charge in [-0.25, -0.2) is 0 Å². The lowest BCUT2D eigenvalue weighted by atomic mass is 9.80. The zero-order chi connectivity index (χ0) is 10.1. The maximum absolute atomic E-state index is 11.3. The summed E-state index contributed by atoms with van der Waals surface area (Å²) in [6.07, 6.45) is 1.28. The van der Waals surface area contributed by atoms with Gasteiger partial charge in [0.05, 0.1) is 11.6 Å². The van der Waals surface area contributed by atoms with E-state index in [2.05, 4.69) is 0 Å². The molecule has 0 saturated carbocycles. The highest BCUT2D eigenvalue weighted by atomic mass is 16.4. The van der Waals surface area contributed by atoms with Gasteiger partial charge in [-0.15, -0.1) is 0 Å². The van der Waals surface area contributed by atoms with Gasteiger partial charge in [0, 0.05) is 6.07 Å². The molecule has 0 radical (unpaired) electrons. The van der Waals surface area contributed by atoms with Crippen molar-refractivity contribution in [3.63, 3.8) is 0 Å². The van der Waals surface area contributed by atoms with Gasteiger partial charge in [-0.1, -0.05) is 6.07 Å². The van der Waals surface area contributed by atoms with Gasteiger partial charge in [-0.05, 0) is 17.6 Å². The molecule has 1 aromatic heterocycles. The van der Waals surface area contributed by atoms with Crippen molar-refractivity contribution in [3.8, 4) is 0 Å². The van der Waals surface area contributed by atoms with Crippen LogP contribution in [0.2, 0.25) is 0 Å². The normalized spacial score (nSPS) is 10.4. The van der Waals surface area contributed by atoms with Crippen molar-refractivity contribution in [2.24, 2.45) is 0 Å². The van der Waals surface area contributed by atoms with Gasteiger partial charge >= 0.3 is 7.12 Å². The molecule has 0 unspecified atom stereocenters. The summed E-state index contributed by atoms with van der Waals surface area (Å²) in [4.78, 5) is 11.3. The fourth-order valence-electron chi connectivity index (χ4n) is 1.26. The van der Waals surface area contributed by atoms with Gasteiger partial charge in [0.25, 0.3) is 0 Å². The number of hydrogen-bond donors (Lipinski definition) is 2. The molecule has 0 atom stereocenters. The maximum Gasteiger partial charge on any atom is 0.488 e. The highest BCUT2D eigenvalue weighted by molar-refractivity contribution is 6.58. The largest absolute Gasteiger partial charge is 0.488 e. The lowest BCUT2D eigenvalue weighted by Gasteiger charge is -2.00. The molecule has 0 aliphatic rings. The van der Waals surface area contributed by atoms with Crippen LogP contribution >= 0.6 is 0 Å². The lowest BCUT2D eigenvalue weighted by molar-refractivity contribution is 0.425. The van der Waals surface area contributed by atoms with Gasteiger partial charge in [-0.3, -0.25) is 4.79 Å². The first-order valence-corrected chi connectivity index (χ1v) is 4.06. The molecule has 14 heavy (non-hydrogen) atoms. The second kappa shape index (κ2) is 3.28. The number of benzene rings is 1. The average molecular weight is 190 g/mol. The molecule has 0 bridgehead atoms. The highest BCUT2D eigenvalue weighted by Gasteiger charge is 2.12. The Morgan fingerprint density at radius 3 is 2.71 bits per heavy atom. The van der Waals surface area contributed by atoms with Crippen LogP contribution in [0.15, 0.2) is 39.7 Å². The van der Waals surface area contributed by atoms with Crippen LogP contribution in [0.5, 0.6) is 0 Å². The Morgan fingerprint density at radius 2 is 2.00 bits per heavy atom. The average Bonchev–Trinajstić information content (AvgIpc) is 2.17. The lowest BCUT2D eigenvalue weighted by Crippen LogP contribution is -2.29. The monoisotopic (exact) mass is 190 g/mol. The van der Waals surface area contributed by atoms with E-state index in [4.69, 9.17) is 14.5 Å². The summed E-state index contributed by atoms with van der Waals surface area (Å²) in [6.45, 7) is 0. The molecule has 4 nitrogen and oxygen atoms in total. The third kappa shape index (κ3) is 1.43. The summed E-state index contributed by atoms with van der Waals surface area (Å²) in [5.74, 6) is 0. The third-order valence-corrected chi connectivity index (χ3v) is 1.98. The highest BCUT2D eigenvalue weighted by Crippen LogP contribution is 2.06. The minimum absolute atomic E-state index is 0.148. The van der Waals surface area contributed by atoms with Crippen LogP contribution in [0.3, 0.4) is 0 Å². The Morgan fingerprint density at radius 1 is 1.21 bits per heavy atom. The topological polar surface area (TPSA) is 70.7 Å². The molecule has 0 saturated heterocycles. The minimum Gasteiger partial charge on any atom is -0.464 e. The van der Waals surface area contributed by atoms with E-state index in [-0.39, 0.29) is 5.43 Å². The molecule has 0 fully saturated rings. The van der Waals surface area contributed by atoms with Crippen molar-refractivity contribution < 1.29 is 14.5 Å². The molecule has 2 rings (SSSR count). The third-order valence-electron chi connectivity index (χ3n) is 1.98. The summed E-state index contributed by atoms with van der Waals surface area (Å²) >= 11 is 0. The predicted octanol–water partition coefficient (Wildman–Crippen LogP) is -0.527. The van der Waals surface area contributed by atoms with Crippen molar-refractivity contribution in [2.45, 2.75) is 0 Å². The SMILES string of the molecule is O=c1ccoc2cc(B(O)O)ccc12. The van der Waals surface area contributed by atoms with Crippen LogP contribution in [-0.2, 0) is 0 Å². The van der Waals surface area contributed by atoms with E-state index in [1.165, 1.54) is 30.5 Å². The molecular formula is C9H7BO4. The molecule has 0 aliphatic carbocycles. The fourth-order valence-corrected chi connectivity index (χ4v) is 1.26. The molecule has 0 amide bonds. The van der Waals surface area contributed by atoms with Crippen LogP contribution in [-0.4, -0.2) is 17.2 Å². The summed E-state index contributed by atoms with van der Waals surface area (Å²) in [6, 6.07) is 5.73. The fraction of sp³-hybridized carbons (Fsp3) is 0. The van der Waals surface area contributed by atoms with Crippen molar-refractivity contribution in [1.29, 1.82) is 0 Å². The van der Waals surface area contributed by atoms with E-state index in [0.717, 1.165) is 0 Å². The quantitative estimate of drug-likeness (QED) is 0.593. The van der Waals surface area contributed by atoms with Crippen LogP contribution < -0.4 is 10.9 Å². The molecular weight excluding hydrogens is 183 g/mol. The molecule has 1 aromatic carbocycles. The van der Waals surface area contributed by atoms with E-state index in [9.17, 15) is 4.79 Å². The van der Waals surface area contributed by atoms with Crippen molar-refractivity contribution >= 4 is 23.6 Å². The Bertz CT molecular complexity index is 517. The van der Waals surface area contributed by atoms with E-state index < -0.39 is 7.12 Å². The molecule has 0 aliphatic heterocycles. The van der Waals surface area contributed by atoms with Gasteiger partial charge in [0.15, 0.2) is 5.43 Å². The number of rotatable bonds is 1. The molecule has 0 spiro atoms. The van der Waals surface area contributed by atoms with Crippen LogP contribution in [0.25, 0.3) is 11.0 Å². The predicted molar refractivity (Wildman–Crippen MR) is 52.3 cm³/mol. The van der Waals surface area contributed by atoms with Gasteiger partial charge in [0.1, 0.15) is 5.58 Å². The molecule has 70 valence electrons. The minimum atomic E-state index is -1.55. The van der Waals surface area contributed by atoms with Gasteiger partial charge < -0.3 is 14.5 Å². The van der Waals surface area contributed by atoms with E-state index >= 15 is 0 Å². The Labute approximate surface area is 79.6 Å². The first-order chi connectivity index (χ1) is 6.68. The van der Waals surface area contributed by atoms with Crippen LogP contribution in [0.1, 0.15) is 0 Å². The molecule has 1 heterocycles. The van der Waals surface area contributed by atoms with Crippen molar-refractivity contribution in [2.75, 3.05) is 0 Å². The zero-order valence-corrected chi connectivity index (χ0v) is 7.18. The van der Waals surface area contributed by atoms with Gasteiger partial charge in [-0.2, -0.15) is 0 Å². The maximum atomic E-state index is 11.3. The summed E-state index contributed by atoms with van der Waals surface area (Å²) in [5, 5.41) is 18.2. The first kappa shape index (κ1) is 8.99. The van der Waals surface area contributed by atoms with Crippen LogP contribution in [0, 0.1) is 0 Å². The van der Waals surface area contributed by atoms with Crippen molar-refractivity contribution in [3.05, 3.63) is 40.8 Å². The Balaban J connectivity index is 2.74.